The van der Waals surface area contributed by atoms with Crippen molar-refractivity contribution in [3.8, 4) is 0 Å². The van der Waals surface area contributed by atoms with Gasteiger partial charge in [-0.1, -0.05) is 27.2 Å². The van der Waals surface area contributed by atoms with E-state index >= 15 is 0 Å². The van der Waals surface area contributed by atoms with E-state index in [2.05, 4.69) is 24.1 Å². The van der Waals surface area contributed by atoms with E-state index in [9.17, 15) is 4.79 Å². The van der Waals surface area contributed by atoms with Gasteiger partial charge in [-0.3, -0.25) is 4.79 Å². The van der Waals surface area contributed by atoms with Crippen molar-refractivity contribution < 1.29 is 4.79 Å². The largest absolute Gasteiger partial charge is 0.302 e. The second-order valence-electron chi connectivity index (χ2n) is 2.90. The molecule has 0 saturated carbocycles. The summed E-state index contributed by atoms with van der Waals surface area (Å²) < 4.78 is 0. The van der Waals surface area contributed by atoms with Gasteiger partial charge in [-0.2, -0.15) is 0 Å². The fourth-order valence-corrected chi connectivity index (χ4v) is 1.32. The Kier molecular flexibility index (Phi) is 7.02. The predicted molar refractivity (Wildman–Crippen MR) is 61.7 cm³/mol. The van der Waals surface area contributed by atoms with Gasteiger partial charge >= 0.3 is 0 Å². The van der Waals surface area contributed by atoms with Crippen molar-refractivity contribution in [1.29, 1.82) is 0 Å². The Morgan fingerprint density at radius 3 is 2.43 bits per heavy atom. The van der Waals surface area contributed by atoms with Gasteiger partial charge in [0.25, 0.3) is 0 Å². The van der Waals surface area contributed by atoms with Crippen LogP contribution in [-0.2, 0) is 4.79 Å². The Morgan fingerprint density at radius 2 is 2.07 bits per heavy atom. The maximum atomic E-state index is 10.8. The van der Waals surface area contributed by atoms with E-state index < -0.39 is 0 Å². The molecule has 0 aliphatic carbocycles. The van der Waals surface area contributed by atoms with E-state index in [4.69, 9.17) is 0 Å². The molecule has 1 amide bonds. The van der Waals surface area contributed by atoms with Gasteiger partial charge in [-0.05, 0) is 6.92 Å². The molecule has 0 spiro atoms. The number of amides is 1. The molecule has 0 aliphatic heterocycles. The molecule has 0 atom stereocenters. The van der Waals surface area contributed by atoms with Gasteiger partial charge in [0, 0.05) is 11.8 Å². The lowest BCUT2D eigenvalue weighted by molar-refractivity contribution is -0.115. The second-order valence-corrected chi connectivity index (χ2v) is 3.76. The number of rotatable bonds is 2. The molecule has 3 nitrogen and oxygen atoms in total. The zero-order chi connectivity index (χ0) is 11.0. The van der Waals surface area contributed by atoms with Crippen LogP contribution >= 0.6 is 11.3 Å². The summed E-state index contributed by atoms with van der Waals surface area (Å²) in [7, 11) is 0. The number of carbonyl (C=O) groups excluding carboxylic acids is 1. The highest BCUT2D eigenvalue weighted by atomic mass is 32.1. The van der Waals surface area contributed by atoms with Gasteiger partial charge < -0.3 is 5.32 Å². The van der Waals surface area contributed by atoms with Gasteiger partial charge in [0.1, 0.15) is 0 Å². The van der Waals surface area contributed by atoms with E-state index in [1.807, 2.05) is 19.2 Å². The third-order valence-corrected chi connectivity index (χ3v) is 2.06. The Balaban J connectivity index is 0.000000500. The van der Waals surface area contributed by atoms with Crippen molar-refractivity contribution in [2.75, 3.05) is 5.32 Å². The van der Waals surface area contributed by atoms with Crippen LogP contribution in [0.3, 0.4) is 0 Å². The molecule has 1 aromatic rings. The van der Waals surface area contributed by atoms with Crippen LogP contribution in [0, 0.1) is 6.92 Å². The minimum atomic E-state index is 0.0133. The van der Waals surface area contributed by atoms with Crippen molar-refractivity contribution in [1.82, 2.24) is 4.98 Å². The number of nitrogens with zero attached hydrogens (tertiary/aromatic N) is 1. The molecule has 1 aromatic heterocycles. The maximum Gasteiger partial charge on any atom is 0.225 e. The van der Waals surface area contributed by atoms with Crippen LogP contribution in [0.15, 0.2) is 5.38 Å². The number of hydrogen-bond donors (Lipinski definition) is 1. The van der Waals surface area contributed by atoms with E-state index in [1.54, 1.807) is 0 Å². The quantitative estimate of drug-likeness (QED) is 0.821. The Hall–Kier alpha value is -0.900. The van der Waals surface area contributed by atoms with Crippen LogP contribution in [0.5, 0.6) is 0 Å². The topological polar surface area (TPSA) is 42.0 Å². The molecule has 0 unspecified atom stereocenters. The second kappa shape index (κ2) is 7.50. The smallest absolute Gasteiger partial charge is 0.225 e. The molecule has 14 heavy (non-hydrogen) atoms. The Morgan fingerprint density at radius 1 is 1.50 bits per heavy atom. The SMILES string of the molecule is CCC.CCC(=O)Nc1nc(C)cs1. The van der Waals surface area contributed by atoms with Crippen LogP contribution in [0.25, 0.3) is 0 Å². The molecule has 0 aromatic carbocycles. The molecule has 0 bridgehead atoms. The average Bonchev–Trinajstić information content (AvgIpc) is 2.52. The molecule has 1 N–H and O–H groups in total. The standard InChI is InChI=1S/C7H10N2OS.C3H8/c1-3-6(10)9-7-8-5(2)4-11-7;1-3-2/h4H,3H2,1-2H3,(H,8,9,10);3H2,1-2H3. The molecular formula is C10H18N2OS. The zero-order valence-corrected chi connectivity index (χ0v) is 10.1. The Bertz CT molecular complexity index is 271. The summed E-state index contributed by atoms with van der Waals surface area (Å²) in [5.74, 6) is 0.0133. The number of hydrogen-bond acceptors (Lipinski definition) is 3. The first-order chi connectivity index (χ1) is 6.63. The number of thiazole rings is 1. The molecular weight excluding hydrogens is 196 g/mol. The lowest BCUT2D eigenvalue weighted by atomic mass is 10.5. The summed E-state index contributed by atoms with van der Waals surface area (Å²) >= 11 is 1.45. The van der Waals surface area contributed by atoms with E-state index in [0.717, 1.165) is 5.69 Å². The highest BCUT2D eigenvalue weighted by Gasteiger charge is 2.01. The van der Waals surface area contributed by atoms with Crippen molar-refractivity contribution in [2.45, 2.75) is 40.5 Å². The minimum Gasteiger partial charge on any atom is -0.302 e. The van der Waals surface area contributed by atoms with Gasteiger partial charge in [0.05, 0.1) is 5.69 Å². The molecule has 1 heterocycles. The van der Waals surface area contributed by atoms with Crippen molar-refractivity contribution >= 4 is 22.4 Å². The molecule has 4 heteroatoms. The van der Waals surface area contributed by atoms with E-state index in [-0.39, 0.29) is 5.91 Å². The lowest BCUT2D eigenvalue weighted by Crippen LogP contribution is -2.08. The number of anilines is 1. The average molecular weight is 214 g/mol. The predicted octanol–water partition coefficient (Wildman–Crippen LogP) is 3.22. The first kappa shape index (κ1) is 13.1. The number of aryl methyl sites for hydroxylation is 1. The Labute approximate surface area is 89.6 Å². The molecule has 80 valence electrons. The monoisotopic (exact) mass is 214 g/mol. The van der Waals surface area contributed by atoms with Crippen molar-refractivity contribution in [3.63, 3.8) is 0 Å². The van der Waals surface area contributed by atoms with Gasteiger partial charge in [-0.15, -0.1) is 11.3 Å². The lowest BCUT2D eigenvalue weighted by Gasteiger charge is -1.95. The van der Waals surface area contributed by atoms with E-state index in [1.165, 1.54) is 17.8 Å². The summed E-state index contributed by atoms with van der Waals surface area (Å²) in [4.78, 5) is 14.9. The van der Waals surface area contributed by atoms with Crippen LogP contribution < -0.4 is 5.32 Å². The summed E-state index contributed by atoms with van der Waals surface area (Å²) in [6, 6.07) is 0. The number of carbonyl (C=O) groups is 1. The third kappa shape index (κ3) is 5.70. The van der Waals surface area contributed by atoms with Crippen LogP contribution in [0.4, 0.5) is 5.13 Å². The van der Waals surface area contributed by atoms with Crippen molar-refractivity contribution in [2.24, 2.45) is 0 Å². The van der Waals surface area contributed by atoms with E-state index in [0.29, 0.717) is 11.6 Å². The number of nitrogens with one attached hydrogen (secondary N) is 1. The fourth-order valence-electron chi connectivity index (χ4n) is 0.619. The minimum absolute atomic E-state index is 0.0133. The van der Waals surface area contributed by atoms with Crippen molar-refractivity contribution in [3.05, 3.63) is 11.1 Å². The summed E-state index contributed by atoms with van der Waals surface area (Å²) in [6.07, 6.45) is 1.75. The first-order valence-electron chi connectivity index (χ1n) is 4.85. The molecule has 1 rings (SSSR count). The zero-order valence-electron chi connectivity index (χ0n) is 9.26. The highest BCUT2D eigenvalue weighted by Crippen LogP contribution is 2.14. The summed E-state index contributed by atoms with van der Waals surface area (Å²) in [5, 5.41) is 5.28. The highest BCUT2D eigenvalue weighted by molar-refractivity contribution is 7.13. The van der Waals surface area contributed by atoms with Crippen LogP contribution in [0.1, 0.15) is 39.3 Å². The first-order valence-corrected chi connectivity index (χ1v) is 5.73. The molecule has 0 aliphatic rings. The third-order valence-electron chi connectivity index (χ3n) is 1.19. The van der Waals surface area contributed by atoms with Crippen LogP contribution in [0.2, 0.25) is 0 Å². The normalized spacial score (nSPS) is 8.86. The van der Waals surface area contributed by atoms with Gasteiger partial charge in [0.15, 0.2) is 5.13 Å². The van der Waals surface area contributed by atoms with Gasteiger partial charge in [-0.25, -0.2) is 4.98 Å². The molecule has 0 saturated heterocycles. The summed E-state index contributed by atoms with van der Waals surface area (Å²) in [5.41, 5.74) is 0.946. The fraction of sp³-hybridized carbons (Fsp3) is 0.600. The van der Waals surface area contributed by atoms with Crippen LogP contribution in [-0.4, -0.2) is 10.9 Å². The number of aromatic nitrogens is 1. The molecule has 0 fully saturated rings. The van der Waals surface area contributed by atoms with Gasteiger partial charge in [0.2, 0.25) is 5.91 Å². The summed E-state index contributed by atoms with van der Waals surface area (Å²) in [6.45, 7) is 7.97. The molecule has 0 radical (unpaired) electrons. The maximum absolute atomic E-state index is 10.8.